The first-order chi connectivity index (χ1) is 21.4. The molecule has 0 aliphatic heterocycles. The van der Waals surface area contributed by atoms with Gasteiger partial charge in [-0.15, -0.1) is 0 Å². The monoisotopic (exact) mass is 604 g/mol. The van der Waals surface area contributed by atoms with Gasteiger partial charge in [0.2, 0.25) is 0 Å². The van der Waals surface area contributed by atoms with Crippen LogP contribution in [-0.4, -0.2) is 0 Å². The maximum absolute atomic E-state index is 15.5. The second-order valence-corrected chi connectivity index (χ2v) is 13.3. The molecule has 0 bridgehead atoms. The van der Waals surface area contributed by atoms with Crippen molar-refractivity contribution < 1.29 is 17.6 Å². The zero-order valence-corrected chi connectivity index (χ0v) is 26.5. The van der Waals surface area contributed by atoms with Gasteiger partial charge in [0.25, 0.3) is 0 Å². The minimum absolute atomic E-state index is 0.0564. The molecule has 5 rings (SSSR count). The standard InChI is InChI=1S/C40H48F4/c1-3-5-7-9-27-11-13-28(14-12-27)29-15-17-30(18-16-29)35-25-26-36(40(44)39(35)43)32-21-19-31(20-22-32)34-24-23-33(10-8-6-4-2)37(41)38(34)42/h6,8,19-30H,3-5,7,9-18H2,1-2H3/b8-6-. The molecule has 4 heteroatoms. The van der Waals surface area contributed by atoms with Crippen LogP contribution in [0.4, 0.5) is 17.6 Å². The smallest absolute Gasteiger partial charge is 0.166 e. The largest absolute Gasteiger partial charge is 0.203 e. The third-order valence-corrected chi connectivity index (χ3v) is 10.5. The van der Waals surface area contributed by atoms with Crippen molar-refractivity contribution in [2.45, 2.75) is 110 Å². The van der Waals surface area contributed by atoms with Crippen molar-refractivity contribution in [1.29, 1.82) is 0 Å². The van der Waals surface area contributed by atoms with Crippen molar-refractivity contribution in [2.24, 2.45) is 17.8 Å². The van der Waals surface area contributed by atoms with E-state index in [-0.39, 0.29) is 17.0 Å². The van der Waals surface area contributed by atoms with E-state index >= 15 is 8.78 Å². The normalized spacial score (nSPS) is 22.5. The van der Waals surface area contributed by atoms with Gasteiger partial charge in [-0.05, 0) is 97.3 Å². The third-order valence-electron chi connectivity index (χ3n) is 10.5. The Morgan fingerprint density at radius 1 is 0.591 bits per heavy atom. The molecule has 2 saturated carbocycles. The highest BCUT2D eigenvalue weighted by Crippen LogP contribution is 2.45. The van der Waals surface area contributed by atoms with Crippen LogP contribution in [0.25, 0.3) is 22.3 Å². The van der Waals surface area contributed by atoms with E-state index in [1.807, 2.05) is 19.1 Å². The molecule has 0 radical (unpaired) electrons. The number of unbranched alkanes of at least 4 members (excludes halogenated alkanes) is 2. The predicted molar refractivity (Wildman–Crippen MR) is 175 cm³/mol. The Hall–Kier alpha value is -2.88. The van der Waals surface area contributed by atoms with Crippen LogP contribution in [-0.2, 0) is 6.42 Å². The molecular weight excluding hydrogens is 556 g/mol. The number of allylic oxidation sites excluding steroid dienone is 2. The lowest BCUT2D eigenvalue weighted by Gasteiger charge is -2.38. The van der Waals surface area contributed by atoms with Gasteiger partial charge in [-0.3, -0.25) is 0 Å². The molecule has 0 N–H and O–H groups in total. The average molecular weight is 605 g/mol. The highest BCUT2D eigenvalue weighted by Gasteiger charge is 2.32. The van der Waals surface area contributed by atoms with Crippen molar-refractivity contribution in [3.63, 3.8) is 0 Å². The van der Waals surface area contributed by atoms with Crippen LogP contribution in [0.2, 0.25) is 0 Å². The maximum atomic E-state index is 15.5. The van der Waals surface area contributed by atoms with Crippen molar-refractivity contribution in [2.75, 3.05) is 0 Å². The van der Waals surface area contributed by atoms with Gasteiger partial charge in [0.15, 0.2) is 23.3 Å². The predicted octanol–water partition coefficient (Wildman–Crippen LogP) is 12.7. The molecule has 0 spiro atoms. The summed E-state index contributed by atoms with van der Waals surface area (Å²) in [7, 11) is 0. The van der Waals surface area contributed by atoms with Crippen LogP contribution in [0.1, 0.15) is 114 Å². The summed E-state index contributed by atoms with van der Waals surface area (Å²) in [6.07, 6.45) is 19.8. The van der Waals surface area contributed by atoms with E-state index in [0.29, 0.717) is 28.7 Å². The van der Waals surface area contributed by atoms with Crippen LogP contribution in [0, 0.1) is 41.0 Å². The van der Waals surface area contributed by atoms with Gasteiger partial charge in [-0.1, -0.05) is 113 Å². The Balaban J connectivity index is 1.21. The molecule has 236 valence electrons. The second kappa shape index (κ2) is 15.4. The molecule has 3 aromatic rings. The minimum Gasteiger partial charge on any atom is -0.203 e. The van der Waals surface area contributed by atoms with Gasteiger partial charge >= 0.3 is 0 Å². The van der Waals surface area contributed by atoms with E-state index in [4.69, 9.17) is 0 Å². The molecule has 0 amide bonds. The van der Waals surface area contributed by atoms with Crippen molar-refractivity contribution in [3.8, 4) is 22.3 Å². The molecule has 44 heavy (non-hydrogen) atoms. The summed E-state index contributed by atoms with van der Waals surface area (Å²) in [6.45, 7) is 4.25. The Bertz CT molecular complexity index is 1390. The highest BCUT2D eigenvalue weighted by atomic mass is 19.2. The van der Waals surface area contributed by atoms with Crippen LogP contribution in [0.3, 0.4) is 0 Å². The summed E-state index contributed by atoms with van der Waals surface area (Å²) in [5.41, 5.74) is 2.13. The summed E-state index contributed by atoms with van der Waals surface area (Å²) in [6, 6.07) is 13.2. The molecule has 0 aromatic heterocycles. The van der Waals surface area contributed by atoms with Gasteiger partial charge in [0, 0.05) is 11.1 Å². The Labute approximate surface area is 262 Å². The third kappa shape index (κ3) is 7.49. The summed E-state index contributed by atoms with van der Waals surface area (Å²) < 4.78 is 60.5. The van der Waals surface area contributed by atoms with Crippen molar-refractivity contribution in [3.05, 3.63) is 95.1 Å². The lowest BCUT2D eigenvalue weighted by molar-refractivity contribution is 0.155. The zero-order valence-electron chi connectivity index (χ0n) is 26.5. The minimum atomic E-state index is -0.897. The van der Waals surface area contributed by atoms with E-state index in [1.54, 1.807) is 48.5 Å². The highest BCUT2D eigenvalue weighted by molar-refractivity contribution is 5.71. The number of hydrogen-bond donors (Lipinski definition) is 0. The van der Waals surface area contributed by atoms with E-state index < -0.39 is 23.3 Å². The fourth-order valence-corrected chi connectivity index (χ4v) is 7.81. The van der Waals surface area contributed by atoms with E-state index in [2.05, 4.69) is 6.92 Å². The first-order valence-corrected chi connectivity index (χ1v) is 17.1. The molecule has 0 heterocycles. The summed E-state index contributed by atoms with van der Waals surface area (Å²) >= 11 is 0. The lowest BCUT2D eigenvalue weighted by Crippen LogP contribution is -2.25. The molecule has 2 aliphatic rings. The first-order valence-electron chi connectivity index (χ1n) is 17.1. The number of benzene rings is 3. The zero-order chi connectivity index (χ0) is 31.1. The molecule has 0 saturated heterocycles. The summed E-state index contributed by atoms with van der Waals surface area (Å²) in [5.74, 6) is -0.835. The van der Waals surface area contributed by atoms with E-state index in [9.17, 15) is 8.78 Å². The molecule has 2 fully saturated rings. The van der Waals surface area contributed by atoms with Gasteiger partial charge in [0.1, 0.15) is 0 Å². The van der Waals surface area contributed by atoms with Gasteiger partial charge in [0.05, 0.1) is 0 Å². The Morgan fingerprint density at radius 3 is 1.75 bits per heavy atom. The van der Waals surface area contributed by atoms with Crippen LogP contribution >= 0.6 is 0 Å². The first kappa shape index (κ1) is 32.5. The van der Waals surface area contributed by atoms with E-state index in [1.165, 1.54) is 51.4 Å². The van der Waals surface area contributed by atoms with E-state index in [0.717, 1.165) is 49.9 Å². The summed E-state index contributed by atoms with van der Waals surface area (Å²) in [4.78, 5) is 0. The van der Waals surface area contributed by atoms with Crippen LogP contribution in [0.5, 0.6) is 0 Å². The van der Waals surface area contributed by atoms with Gasteiger partial charge in [-0.2, -0.15) is 0 Å². The Morgan fingerprint density at radius 2 is 1.16 bits per heavy atom. The summed E-state index contributed by atoms with van der Waals surface area (Å²) in [5, 5.41) is 0. The number of rotatable bonds is 11. The Kier molecular flexibility index (Phi) is 11.4. The molecule has 3 aromatic carbocycles. The van der Waals surface area contributed by atoms with Crippen molar-refractivity contribution in [1.82, 2.24) is 0 Å². The van der Waals surface area contributed by atoms with Gasteiger partial charge in [-0.25, -0.2) is 17.6 Å². The van der Waals surface area contributed by atoms with Crippen molar-refractivity contribution >= 4 is 0 Å². The fourth-order valence-electron chi connectivity index (χ4n) is 7.81. The average Bonchev–Trinajstić information content (AvgIpc) is 3.05. The van der Waals surface area contributed by atoms with Crippen LogP contribution in [0.15, 0.2) is 60.7 Å². The fraction of sp³-hybridized carbons (Fsp3) is 0.500. The van der Waals surface area contributed by atoms with Gasteiger partial charge < -0.3 is 0 Å². The second-order valence-electron chi connectivity index (χ2n) is 13.3. The van der Waals surface area contributed by atoms with Crippen LogP contribution < -0.4 is 0 Å². The SMILES string of the molecule is CC/C=C\Cc1ccc(-c2ccc(-c3ccc(C4CCC(C5CCC(CCCCC)CC5)CC4)c(F)c3F)cc2)c(F)c1F. The number of hydrogen-bond acceptors (Lipinski definition) is 0. The molecule has 0 nitrogen and oxygen atoms in total. The quantitative estimate of drug-likeness (QED) is 0.116. The molecular formula is C40H48F4. The maximum Gasteiger partial charge on any atom is 0.166 e. The molecule has 0 unspecified atom stereocenters. The number of halogens is 4. The topological polar surface area (TPSA) is 0 Å². The lowest BCUT2D eigenvalue weighted by atomic mass is 9.68. The molecule has 2 aliphatic carbocycles. The molecule has 0 atom stereocenters.